The number of likely N-dealkylation sites (N-methyl/N-ethyl adjacent to an activating group) is 1. The fraction of sp³-hybridized carbons (Fsp3) is 0.368. The van der Waals surface area contributed by atoms with Crippen LogP contribution in [-0.4, -0.2) is 47.6 Å². The van der Waals surface area contributed by atoms with E-state index in [0.29, 0.717) is 0 Å². The molecular formula is C19H23N3. The van der Waals surface area contributed by atoms with Gasteiger partial charge in [0.15, 0.2) is 0 Å². The summed E-state index contributed by atoms with van der Waals surface area (Å²) in [6.45, 7) is 7.64. The average Bonchev–Trinajstić information content (AvgIpc) is 2.80. The largest absolute Gasteiger partial charge is 0.367 e. The first-order chi connectivity index (χ1) is 10.7. The number of nitrogens with zero attached hydrogens (tertiary/aromatic N) is 3. The summed E-state index contributed by atoms with van der Waals surface area (Å²) in [6.07, 6.45) is 2.36. The highest BCUT2D eigenvalue weighted by atomic mass is 15.3. The van der Waals surface area contributed by atoms with Crippen molar-refractivity contribution in [2.45, 2.75) is 13.5 Å². The summed E-state index contributed by atoms with van der Waals surface area (Å²) in [5, 5.41) is 2.74. The van der Waals surface area contributed by atoms with Crippen LogP contribution in [0.25, 0.3) is 11.8 Å². The molecule has 3 heteroatoms. The van der Waals surface area contributed by atoms with Crippen LogP contribution in [0.15, 0.2) is 36.4 Å². The zero-order valence-corrected chi connectivity index (χ0v) is 13.4. The molecule has 0 N–H and O–H groups in total. The minimum atomic E-state index is 0.961. The molecule has 0 saturated carbocycles. The molecule has 2 aliphatic heterocycles. The quantitative estimate of drug-likeness (QED) is 0.777. The van der Waals surface area contributed by atoms with Crippen molar-refractivity contribution < 1.29 is 0 Å². The number of aryl methyl sites for hydroxylation is 1. The molecule has 0 atom stereocenters. The molecule has 0 unspecified atom stereocenters. The Morgan fingerprint density at radius 2 is 1.68 bits per heavy atom. The number of hydrogen-bond donors (Lipinski definition) is 0. The summed E-state index contributed by atoms with van der Waals surface area (Å²) in [5.41, 5.74) is 4.11. The monoisotopic (exact) mass is 293 g/mol. The lowest BCUT2D eigenvalue weighted by Gasteiger charge is -2.36. The first kappa shape index (κ1) is 13.6. The van der Waals surface area contributed by atoms with Gasteiger partial charge in [-0.2, -0.15) is 0 Å². The highest BCUT2D eigenvalue weighted by Crippen LogP contribution is 2.22. The van der Waals surface area contributed by atoms with Crippen molar-refractivity contribution in [1.29, 1.82) is 0 Å². The van der Waals surface area contributed by atoms with Crippen LogP contribution < -0.4 is 10.4 Å². The lowest BCUT2D eigenvalue weighted by Crippen LogP contribution is -2.46. The van der Waals surface area contributed by atoms with Crippen molar-refractivity contribution >= 4 is 11.8 Å². The fourth-order valence-electron chi connectivity index (χ4n) is 3.60. The molecule has 2 aliphatic rings. The molecule has 0 aliphatic carbocycles. The molecular weight excluding hydrogens is 270 g/mol. The van der Waals surface area contributed by atoms with Gasteiger partial charge in [-0.1, -0.05) is 30.3 Å². The van der Waals surface area contributed by atoms with Crippen LogP contribution >= 0.6 is 0 Å². The van der Waals surface area contributed by atoms with Crippen molar-refractivity contribution in [2.75, 3.05) is 33.2 Å². The van der Waals surface area contributed by atoms with Gasteiger partial charge in [0.2, 0.25) is 0 Å². The van der Waals surface area contributed by atoms with E-state index >= 15 is 0 Å². The minimum Gasteiger partial charge on any atom is -0.367 e. The maximum Gasteiger partial charge on any atom is 0.0688 e. The number of aromatic nitrogens is 1. The first-order valence-electron chi connectivity index (χ1n) is 8.13. The smallest absolute Gasteiger partial charge is 0.0688 e. The molecule has 1 aromatic heterocycles. The Hall–Kier alpha value is -2.00. The van der Waals surface area contributed by atoms with Crippen LogP contribution in [0.2, 0.25) is 0 Å². The van der Waals surface area contributed by atoms with Gasteiger partial charge in [0.25, 0.3) is 0 Å². The molecule has 1 aromatic carbocycles. The van der Waals surface area contributed by atoms with Crippen LogP contribution in [0.1, 0.15) is 11.4 Å². The van der Waals surface area contributed by atoms with E-state index < -0.39 is 0 Å². The fourth-order valence-corrected chi connectivity index (χ4v) is 3.60. The van der Waals surface area contributed by atoms with Gasteiger partial charge in [-0.3, -0.25) is 0 Å². The van der Waals surface area contributed by atoms with E-state index in [0.717, 1.165) is 32.7 Å². The molecule has 0 bridgehead atoms. The van der Waals surface area contributed by atoms with Gasteiger partial charge >= 0.3 is 0 Å². The van der Waals surface area contributed by atoms with Gasteiger partial charge in [-0.15, -0.1) is 0 Å². The molecule has 3 heterocycles. The Bertz CT molecular complexity index is 807. The molecule has 0 spiro atoms. The summed E-state index contributed by atoms with van der Waals surface area (Å²) < 4.78 is 2.44. The number of piperazine rings is 1. The standard InChI is InChI=1S/C19H23N3/c1-15-7-8-18-19(21-13-11-20(2)12-14-21)17-6-4-3-5-16(17)9-10-22(15)18/h3-9H,10-14H2,1-2H3. The molecule has 3 nitrogen and oxygen atoms in total. The van der Waals surface area contributed by atoms with Crippen LogP contribution in [0.4, 0.5) is 0 Å². The van der Waals surface area contributed by atoms with Crippen molar-refractivity contribution in [3.8, 4) is 0 Å². The number of benzene rings is 1. The van der Waals surface area contributed by atoms with Crippen molar-refractivity contribution in [2.24, 2.45) is 0 Å². The SMILES string of the molecule is Cc1ccc2n1CC=c1ccccc1=C2N1CCN(C)CC1. The summed E-state index contributed by atoms with van der Waals surface area (Å²) in [5.74, 6) is 0. The third-order valence-corrected chi connectivity index (χ3v) is 4.97. The van der Waals surface area contributed by atoms with Gasteiger partial charge < -0.3 is 14.4 Å². The van der Waals surface area contributed by atoms with Gasteiger partial charge in [-0.05, 0) is 31.3 Å². The van der Waals surface area contributed by atoms with E-state index in [9.17, 15) is 0 Å². The second-order valence-corrected chi connectivity index (χ2v) is 6.40. The Morgan fingerprint density at radius 1 is 0.909 bits per heavy atom. The topological polar surface area (TPSA) is 11.4 Å². The maximum absolute atomic E-state index is 2.57. The first-order valence-corrected chi connectivity index (χ1v) is 8.13. The highest BCUT2D eigenvalue weighted by molar-refractivity contribution is 5.64. The molecule has 22 heavy (non-hydrogen) atoms. The van der Waals surface area contributed by atoms with Crippen molar-refractivity contribution in [3.63, 3.8) is 0 Å². The number of fused-ring (bicyclic) bond motifs is 2. The third-order valence-electron chi connectivity index (χ3n) is 4.97. The minimum absolute atomic E-state index is 0.961. The molecule has 1 fully saturated rings. The predicted molar refractivity (Wildman–Crippen MR) is 90.9 cm³/mol. The van der Waals surface area contributed by atoms with Crippen LogP contribution in [0.5, 0.6) is 0 Å². The van der Waals surface area contributed by atoms with E-state index in [4.69, 9.17) is 0 Å². The summed E-state index contributed by atoms with van der Waals surface area (Å²) >= 11 is 0. The van der Waals surface area contributed by atoms with E-state index in [2.05, 4.69) is 70.8 Å². The van der Waals surface area contributed by atoms with E-state index in [1.807, 2.05) is 0 Å². The molecule has 2 aromatic rings. The summed E-state index contributed by atoms with van der Waals surface area (Å²) in [4.78, 5) is 4.99. The molecule has 0 amide bonds. The van der Waals surface area contributed by atoms with Crippen molar-refractivity contribution in [1.82, 2.24) is 14.4 Å². The van der Waals surface area contributed by atoms with Gasteiger partial charge in [0.05, 0.1) is 11.4 Å². The van der Waals surface area contributed by atoms with Crippen LogP contribution in [0.3, 0.4) is 0 Å². The Balaban J connectivity index is 1.95. The number of hydrogen-bond acceptors (Lipinski definition) is 2. The van der Waals surface area contributed by atoms with Crippen LogP contribution in [-0.2, 0) is 6.54 Å². The Kier molecular flexibility index (Phi) is 3.30. The van der Waals surface area contributed by atoms with Gasteiger partial charge in [0, 0.05) is 43.6 Å². The van der Waals surface area contributed by atoms with E-state index in [-0.39, 0.29) is 0 Å². The zero-order chi connectivity index (χ0) is 15.1. The van der Waals surface area contributed by atoms with E-state index in [1.165, 1.54) is 27.5 Å². The highest BCUT2D eigenvalue weighted by Gasteiger charge is 2.22. The van der Waals surface area contributed by atoms with Crippen molar-refractivity contribution in [3.05, 3.63) is 58.2 Å². The second kappa shape index (κ2) is 5.33. The molecule has 1 saturated heterocycles. The predicted octanol–water partition coefficient (Wildman–Crippen LogP) is 0.995. The second-order valence-electron chi connectivity index (χ2n) is 6.40. The molecule has 114 valence electrons. The zero-order valence-electron chi connectivity index (χ0n) is 13.4. The van der Waals surface area contributed by atoms with Gasteiger partial charge in [-0.25, -0.2) is 0 Å². The molecule has 0 radical (unpaired) electrons. The third kappa shape index (κ3) is 2.17. The molecule has 4 rings (SSSR count). The van der Waals surface area contributed by atoms with E-state index in [1.54, 1.807) is 0 Å². The lowest BCUT2D eigenvalue weighted by atomic mass is 10.1. The Labute approximate surface area is 131 Å². The lowest BCUT2D eigenvalue weighted by molar-refractivity contribution is 0.206. The van der Waals surface area contributed by atoms with Gasteiger partial charge in [0.1, 0.15) is 0 Å². The average molecular weight is 293 g/mol. The normalized spacial score (nSPS) is 18.5. The summed E-state index contributed by atoms with van der Waals surface area (Å²) in [6, 6.07) is 13.4. The van der Waals surface area contributed by atoms with Crippen LogP contribution in [0, 0.1) is 6.92 Å². The number of rotatable bonds is 1. The maximum atomic E-state index is 2.57. The summed E-state index contributed by atoms with van der Waals surface area (Å²) in [7, 11) is 2.21. The Morgan fingerprint density at radius 3 is 2.50 bits per heavy atom.